The van der Waals surface area contributed by atoms with Crippen molar-refractivity contribution < 1.29 is 29.1 Å². The normalized spacial score (nSPS) is 22.4. The van der Waals surface area contributed by atoms with E-state index < -0.39 is 28.6 Å². The second-order valence-corrected chi connectivity index (χ2v) is 6.24. The lowest BCUT2D eigenvalue weighted by Gasteiger charge is -2.42. The number of carboxylic acids is 1. The quantitative estimate of drug-likeness (QED) is 0.536. The third-order valence-corrected chi connectivity index (χ3v) is 3.76. The summed E-state index contributed by atoms with van der Waals surface area (Å²) in [7, 11) is 5.33. The van der Waals surface area contributed by atoms with Crippen LogP contribution in [0.1, 0.15) is 26.2 Å². The summed E-state index contributed by atoms with van der Waals surface area (Å²) in [5.74, 6) is -2.89. The minimum absolute atomic E-state index is 0.0211. The van der Waals surface area contributed by atoms with Crippen molar-refractivity contribution >= 4 is 17.5 Å². The van der Waals surface area contributed by atoms with Gasteiger partial charge in [0.25, 0.3) is 0 Å². The summed E-state index contributed by atoms with van der Waals surface area (Å²) in [6.45, 7) is 1.62. The number of aliphatic hydroxyl groups is 1. The number of rotatable bonds is 5. The molecule has 6 heteroatoms. The Morgan fingerprint density at radius 2 is 1.68 bits per heavy atom. The predicted molar refractivity (Wildman–Crippen MR) is 67.5 cm³/mol. The molecule has 0 spiro atoms. The van der Waals surface area contributed by atoms with Gasteiger partial charge in [-0.05, 0) is 6.42 Å². The topological polar surface area (TPSA) is 91.7 Å². The first-order valence-corrected chi connectivity index (χ1v) is 6.34. The molecule has 0 aromatic heterocycles. The maximum Gasteiger partial charge on any atom is 0.328 e. The number of Topliss-reactive ketones (excluding diaryl/α,β-unsaturated/α-hetero) is 2. The number of quaternary nitrogens is 1. The summed E-state index contributed by atoms with van der Waals surface area (Å²) in [4.78, 5) is 35.8. The van der Waals surface area contributed by atoms with E-state index in [1.54, 1.807) is 28.1 Å². The fraction of sp³-hybridized carbons (Fsp3) is 0.769. The molecule has 0 radical (unpaired) electrons. The van der Waals surface area contributed by atoms with Gasteiger partial charge in [0.05, 0.1) is 21.1 Å². The van der Waals surface area contributed by atoms with Crippen LogP contribution in [0.2, 0.25) is 0 Å². The maximum absolute atomic E-state index is 12.1. The molecule has 1 rings (SSSR count). The number of nitrogens with zero attached hydrogens (tertiary/aromatic N) is 1. The lowest BCUT2D eigenvalue weighted by Crippen LogP contribution is -2.65. The number of aliphatic carboxylic acids is 1. The first-order valence-electron chi connectivity index (χ1n) is 6.34. The van der Waals surface area contributed by atoms with Crippen LogP contribution in [0.25, 0.3) is 0 Å². The van der Waals surface area contributed by atoms with Gasteiger partial charge in [-0.15, -0.1) is 0 Å². The number of hydrogen-bond acceptors (Lipinski definition) is 4. The smallest absolute Gasteiger partial charge is 0.328 e. The molecular formula is C13H22NO5+. The van der Waals surface area contributed by atoms with Crippen LogP contribution in [-0.4, -0.2) is 65.5 Å². The van der Waals surface area contributed by atoms with Crippen LogP contribution in [0.5, 0.6) is 0 Å². The number of likely N-dealkylation sites (N-methyl/N-ethyl adjacent to an activating group) is 1. The van der Waals surface area contributed by atoms with E-state index in [0.717, 1.165) is 0 Å². The maximum atomic E-state index is 12.1. The average Bonchev–Trinajstić information content (AvgIpc) is 2.53. The zero-order valence-electron chi connectivity index (χ0n) is 11.9. The van der Waals surface area contributed by atoms with Crippen molar-refractivity contribution in [2.45, 2.75) is 31.8 Å². The summed E-state index contributed by atoms with van der Waals surface area (Å²) >= 11 is 0. The molecule has 19 heavy (non-hydrogen) atoms. The molecule has 0 aliphatic heterocycles. The summed E-state index contributed by atoms with van der Waals surface area (Å²) in [6, 6.07) is 0. The molecule has 0 saturated heterocycles. The Labute approximate surface area is 112 Å². The van der Waals surface area contributed by atoms with Gasteiger partial charge in [0.2, 0.25) is 5.41 Å². The monoisotopic (exact) mass is 272 g/mol. The highest BCUT2D eigenvalue weighted by atomic mass is 16.4. The van der Waals surface area contributed by atoms with Gasteiger partial charge in [0.15, 0.2) is 11.6 Å². The third-order valence-electron chi connectivity index (χ3n) is 3.76. The molecule has 1 aliphatic rings. The van der Waals surface area contributed by atoms with Crippen LogP contribution in [0, 0.1) is 5.41 Å². The summed E-state index contributed by atoms with van der Waals surface area (Å²) < 4.78 is 0.264. The number of carbonyl (C=O) groups excluding carboxylic acids is 2. The Kier molecular flexibility index (Phi) is 3.89. The standard InChI is InChI=1S/C13H21NO5/c1-5-12(19,8-14(2,3)4)13(11(17)18)9(15)6-7-10(13)16/h19H,5-8H2,1-4H3/p+1. The first kappa shape index (κ1) is 15.8. The highest BCUT2D eigenvalue weighted by molar-refractivity contribution is 6.27. The molecule has 2 N–H and O–H groups in total. The van der Waals surface area contributed by atoms with Crippen molar-refractivity contribution in [2.75, 3.05) is 27.7 Å². The fourth-order valence-electron chi connectivity index (χ4n) is 2.99. The fourth-order valence-corrected chi connectivity index (χ4v) is 2.99. The van der Waals surface area contributed by atoms with Crippen LogP contribution < -0.4 is 0 Å². The minimum Gasteiger partial charge on any atom is -0.480 e. The van der Waals surface area contributed by atoms with Crippen molar-refractivity contribution in [3.63, 3.8) is 0 Å². The molecule has 6 nitrogen and oxygen atoms in total. The Morgan fingerprint density at radius 1 is 1.26 bits per heavy atom. The molecule has 0 bridgehead atoms. The zero-order valence-corrected chi connectivity index (χ0v) is 11.9. The Balaban J connectivity index is 3.43. The largest absolute Gasteiger partial charge is 0.480 e. The van der Waals surface area contributed by atoms with E-state index in [2.05, 4.69) is 0 Å². The first-order chi connectivity index (χ1) is 8.51. The van der Waals surface area contributed by atoms with Crippen molar-refractivity contribution in [1.29, 1.82) is 0 Å². The Morgan fingerprint density at radius 3 is 1.95 bits per heavy atom. The predicted octanol–water partition coefficient (Wildman–Crippen LogP) is -0.163. The second kappa shape index (κ2) is 4.68. The molecule has 1 saturated carbocycles. The van der Waals surface area contributed by atoms with E-state index in [4.69, 9.17) is 0 Å². The number of ketones is 2. The highest BCUT2D eigenvalue weighted by Crippen LogP contribution is 2.44. The van der Waals surface area contributed by atoms with Gasteiger partial charge >= 0.3 is 5.97 Å². The molecule has 1 fully saturated rings. The summed E-state index contributed by atoms with van der Waals surface area (Å²) in [5, 5.41) is 20.2. The van der Waals surface area contributed by atoms with Gasteiger partial charge in [-0.1, -0.05) is 6.92 Å². The molecule has 0 amide bonds. The third kappa shape index (κ3) is 2.30. The zero-order chi connectivity index (χ0) is 15.1. The Hall–Kier alpha value is -1.27. The summed E-state index contributed by atoms with van der Waals surface area (Å²) in [5.41, 5.74) is -4.16. The molecule has 0 heterocycles. The average molecular weight is 272 g/mol. The van der Waals surface area contributed by atoms with Crippen LogP contribution in [-0.2, 0) is 14.4 Å². The molecule has 0 aromatic carbocycles. The van der Waals surface area contributed by atoms with E-state index in [0.29, 0.717) is 0 Å². The molecule has 108 valence electrons. The van der Waals surface area contributed by atoms with Gasteiger partial charge in [-0.3, -0.25) is 14.4 Å². The van der Waals surface area contributed by atoms with Crippen molar-refractivity contribution in [3.05, 3.63) is 0 Å². The molecule has 1 atom stereocenters. The lowest BCUT2D eigenvalue weighted by atomic mass is 9.67. The lowest BCUT2D eigenvalue weighted by molar-refractivity contribution is -0.877. The summed E-state index contributed by atoms with van der Waals surface area (Å²) in [6.07, 6.45) is -0.179. The Bertz CT molecular complexity index is 407. The van der Waals surface area contributed by atoms with Gasteiger partial charge in [-0.2, -0.15) is 0 Å². The van der Waals surface area contributed by atoms with Crippen LogP contribution in [0.15, 0.2) is 0 Å². The highest BCUT2D eigenvalue weighted by Gasteiger charge is 2.69. The second-order valence-electron chi connectivity index (χ2n) is 6.24. The van der Waals surface area contributed by atoms with Gasteiger partial charge in [0.1, 0.15) is 12.1 Å². The van der Waals surface area contributed by atoms with E-state index in [1.165, 1.54) is 0 Å². The van der Waals surface area contributed by atoms with Gasteiger partial charge < -0.3 is 14.7 Å². The molecule has 0 aromatic rings. The van der Waals surface area contributed by atoms with Crippen molar-refractivity contribution in [3.8, 4) is 0 Å². The minimum atomic E-state index is -2.30. The number of carbonyl (C=O) groups is 3. The van der Waals surface area contributed by atoms with Gasteiger partial charge in [-0.25, -0.2) is 0 Å². The van der Waals surface area contributed by atoms with Gasteiger partial charge in [0, 0.05) is 12.8 Å². The number of carboxylic acid groups (broad SMARTS) is 1. The van der Waals surface area contributed by atoms with Crippen molar-refractivity contribution in [2.24, 2.45) is 5.41 Å². The van der Waals surface area contributed by atoms with Crippen molar-refractivity contribution in [1.82, 2.24) is 0 Å². The number of hydrogen-bond donors (Lipinski definition) is 2. The van der Waals surface area contributed by atoms with E-state index in [-0.39, 0.29) is 30.3 Å². The van der Waals surface area contributed by atoms with E-state index in [1.807, 2.05) is 0 Å². The molecule has 1 aliphatic carbocycles. The molecular weight excluding hydrogens is 250 g/mol. The molecule has 1 unspecified atom stereocenters. The van der Waals surface area contributed by atoms with Crippen LogP contribution >= 0.6 is 0 Å². The van der Waals surface area contributed by atoms with E-state index in [9.17, 15) is 24.6 Å². The van der Waals surface area contributed by atoms with Crippen LogP contribution in [0.3, 0.4) is 0 Å². The SMILES string of the molecule is CCC(O)(C[N+](C)(C)C)C1(C(=O)O)C(=O)CCC1=O. The van der Waals surface area contributed by atoms with Crippen LogP contribution in [0.4, 0.5) is 0 Å². The van der Waals surface area contributed by atoms with E-state index >= 15 is 0 Å².